The van der Waals surface area contributed by atoms with E-state index in [-0.39, 0.29) is 11.0 Å². The van der Waals surface area contributed by atoms with E-state index in [1.165, 1.54) is 4.31 Å². The molecular formula is C15H16N2O2S2. The summed E-state index contributed by atoms with van der Waals surface area (Å²) in [4.78, 5) is 0.570. The van der Waals surface area contributed by atoms with Gasteiger partial charge in [-0.15, -0.1) is 0 Å². The van der Waals surface area contributed by atoms with E-state index in [4.69, 9.17) is 18.0 Å². The molecule has 6 heteroatoms. The molecule has 3 rings (SSSR count). The number of benzene rings is 2. The first-order valence-electron chi connectivity index (χ1n) is 6.81. The molecule has 1 aliphatic heterocycles. The fraction of sp³-hybridized carbons (Fsp3) is 0.267. The molecule has 1 atom stereocenters. The van der Waals surface area contributed by atoms with Crippen LogP contribution in [-0.4, -0.2) is 30.3 Å². The van der Waals surface area contributed by atoms with E-state index in [1.807, 2.05) is 30.3 Å². The molecular weight excluding hydrogens is 304 g/mol. The molecule has 1 heterocycles. The molecule has 2 aromatic rings. The molecule has 2 N–H and O–H groups in total. The van der Waals surface area contributed by atoms with E-state index in [9.17, 15) is 8.42 Å². The third-order valence-corrected chi connectivity index (χ3v) is 6.11. The van der Waals surface area contributed by atoms with Crippen molar-refractivity contribution in [3.05, 3.63) is 42.5 Å². The summed E-state index contributed by atoms with van der Waals surface area (Å²) < 4.78 is 27.4. The minimum absolute atomic E-state index is 0.247. The quantitative estimate of drug-likeness (QED) is 0.881. The van der Waals surface area contributed by atoms with Gasteiger partial charge in [-0.2, -0.15) is 4.31 Å². The molecule has 0 saturated carbocycles. The van der Waals surface area contributed by atoms with Crippen LogP contribution in [0.5, 0.6) is 0 Å². The number of rotatable bonds is 3. The largest absolute Gasteiger partial charge is 0.392 e. The van der Waals surface area contributed by atoms with Crippen molar-refractivity contribution in [2.45, 2.75) is 23.8 Å². The van der Waals surface area contributed by atoms with Gasteiger partial charge in [-0.05, 0) is 24.3 Å². The molecule has 1 saturated heterocycles. The van der Waals surface area contributed by atoms with Crippen molar-refractivity contribution >= 4 is 38.0 Å². The second-order valence-corrected chi connectivity index (χ2v) is 7.48. The average Bonchev–Trinajstić information content (AvgIpc) is 2.97. The minimum Gasteiger partial charge on any atom is -0.392 e. The predicted octanol–water partition coefficient (Wildman–Crippen LogP) is 2.28. The normalized spacial score (nSPS) is 19.9. The first-order valence-corrected chi connectivity index (χ1v) is 8.65. The summed E-state index contributed by atoms with van der Waals surface area (Å²) >= 11 is 5.02. The van der Waals surface area contributed by atoms with E-state index < -0.39 is 10.0 Å². The van der Waals surface area contributed by atoms with E-state index in [1.54, 1.807) is 12.1 Å². The number of nitrogens with zero attached hydrogens (tertiary/aromatic N) is 1. The summed E-state index contributed by atoms with van der Waals surface area (Å²) in [6.45, 7) is 0.466. The van der Waals surface area contributed by atoms with Gasteiger partial charge < -0.3 is 5.73 Å². The van der Waals surface area contributed by atoms with Gasteiger partial charge in [-0.25, -0.2) is 8.42 Å². The summed E-state index contributed by atoms with van der Waals surface area (Å²) in [7, 11) is -3.59. The molecule has 110 valence electrons. The predicted molar refractivity (Wildman–Crippen MR) is 87.6 cm³/mol. The Hall–Kier alpha value is -1.50. The van der Waals surface area contributed by atoms with Gasteiger partial charge in [0.15, 0.2) is 0 Å². The number of nitrogens with two attached hydrogens (primary N) is 1. The molecule has 0 amide bonds. The fourth-order valence-corrected chi connectivity index (χ4v) is 5.06. The second kappa shape index (κ2) is 5.36. The Morgan fingerprint density at radius 1 is 1.19 bits per heavy atom. The van der Waals surface area contributed by atoms with Crippen LogP contribution in [0.2, 0.25) is 0 Å². The van der Waals surface area contributed by atoms with Gasteiger partial charge in [0.1, 0.15) is 0 Å². The van der Waals surface area contributed by atoms with Gasteiger partial charge in [0.05, 0.1) is 15.9 Å². The number of hydrogen-bond acceptors (Lipinski definition) is 3. The van der Waals surface area contributed by atoms with Crippen LogP contribution >= 0.6 is 12.2 Å². The van der Waals surface area contributed by atoms with Gasteiger partial charge in [0, 0.05) is 11.9 Å². The van der Waals surface area contributed by atoms with E-state index in [0.29, 0.717) is 17.9 Å². The SMILES string of the molecule is NC(=S)C1CCCN1S(=O)(=O)c1cccc2ccccc12. The van der Waals surface area contributed by atoms with Crippen molar-refractivity contribution in [2.24, 2.45) is 5.73 Å². The molecule has 0 spiro atoms. The molecule has 0 aliphatic carbocycles. The lowest BCUT2D eigenvalue weighted by atomic mass is 10.1. The highest BCUT2D eigenvalue weighted by Crippen LogP contribution is 2.30. The first kappa shape index (κ1) is 14.4. The lowest BCUT2D eigenvalue weighted by Crippen LogP contribution is -2.42. The number of sulfonamides is 1. The highest BCUT2D eigenvalue weighted by Gasteiger charge is 2.37. The summed E-state index contributed by atoms with van der Waals surface area (Å²) in [5, 5.41) is 1.64. The van der Waals surface area contributed by atoms with Crippen molar-refractivity contribution in [1.29, 1.82) is 0 Å². The molecule has 0 radical (unpaired) electrons. The molecule has 0 aromatic heterocycles. The maximum atomic E-state index is 13.0. The highest BCUT2D eigenvalue weighted by atomic mass is 32.2. The Balaban J connectivity index is 2.15. The summed E-state index contributed by atoms with van der Waals surface area (Å²) in [5.41, 5.74) is 5.70. The van der Waals surface area contributed by atoms with Crippen LogP contribution in [0, 0.1) is 0 Å². The van der Waals surface area contributed by atoms with Crippen molar-refractivity contribution < 1.29 is 8.42 Å². The van der Waals surface area contributed by atoms with Gasteiger partial charge in [0.2, 0.25) is 10.0 Å². The van der Waals surface area contributed by atoms with Crippen LogP contribution in [0.1, 0.15) is 12.8 Å². The van der Waals surface area contributed by atoms with Gasteiger partial charge >= 0.3 is 0 Å². The standard InChI is InChI=1S/C15H16N2O2S2/c16-15(20)13-8-4-10-17(13)21(18,19)14-9-3-6-11-5-1-2-7-12(11)14/h1-3,5-7,9,13H,4,8,10H2,(H2,16,20). The monoisotopic (exact) mass is 320 g/mol. The lowest BCUT2D eigenvalue weighted by Gasteiger charge is -2.23. The topological polar surface area (TPSA) is 63.4 Å². The molecule has 1 unspecified atom stereocenters. The number of thiocarbonyl (C=S) groups is 1. The Morgan fingerprint density at radius 3 is 2.67 bits per heavy atom. The van der Waals surface area contributed by atoms with Crippen LogP contribution < -0.4 is 5.73 Å². The van der Waals surface area contributed by atoms with E-state index in [2.05, 4.69) is 0 Å². The zero-order valence-electron chi connectivity index (χ0n) is 11.4. The molecule has 21 heavy (non-hydrogen) atoms. The maximum Gasteiger partial charge on any atom is 0.244 e. The van der Waals surface area contributed by atoms with Crippen molar-refractivity contribution in [3.8, 4) is 0 Å². The Bertz CT molecular complexity index is 797. The lowest BCUT2D eigenvalue weighted by molar-refractivity contribution is 0.447. The molecule has 4 nitrogen and oxygen atoms in total. The molecule has 2 aromatic carbocycles. The van der Waals surface area contributed by atoms with Crippen LogP contribution in [0.4, 0.5) is 0 Å². The summed E-state index contributed by atoms with van der Waals surface area (Å²) in [5.74, 6) is 0. The first-order chi connectivity index (χ1) is 10.0. The van der Waals surface area contributed by atoms with Gasteiger partial charge in [-0.1, -0.05) is 48.6 Å². The zero-order valence-corrected chi connectivity index (χ0v) is 13.0. The maximum absolute atomic E-state index is 13.0. The van der Waals surface area contributed by atoms with Crippen LogP contribution in [0.25, 0.3) is 10.8 Å². The third kappa shape index (κ3) is 2.43. The zero-order chi connectivity index (χ0) is 15.0. The van der Waals surface area contributed by atoms with Gasteiger partial charge in [-0.3, -0.25) is 0 Å². The van der Waals surface area contributed by atoms with Crippen LogP contribution in [-0.2, 0) is 10.0 Å². The average molecular weight is 320 g/mol. The van der Waals surface area contributed by atoms with Crippen LogP contribution in [0.15, 0.2) is 47.4 Å². The van der Waals surface area contributed by atoms with E-state index >= 15 is 0 Å². The van der Waals surface area contributed by atoms with Crippen molar-refractivity contribution in [3.63, 3.8) is 0 Å². The Kier molecular flexibility index (Phi) is 3.69. The third-order valence-electron chi connectivity index (χ3n) is 3.87. The Morgan fingerprint density at radius 2 is 1.90 bits per heavy atom. The fourth-order valence-electron chi connectivity index (χ4n) is 2.86. The van der Waals surface area contributed by atoms with Crippen molar-refractivity contribution in [2.75, 3.05) is 6.54 Å². The summed E-state index contributed by atoms with van der Waals surface area (Å²) in [6.07, 6.45) is 1.48. The summed E-state index contributed by atoms with van der Waals surface area (Å²) in [6, 6.07) is 12.4. The van der Waals surface area contributed by atoms with Gasteiger partial charge in [0.25, 0.3) is 0 Å². The number of fused-ring (bicyclic) bond motifs is 1. The smallest absolute Gasteiger partial charge is 0.244 e. The Labute approximate surface area is 129 Å². The minimum atomic E-state index is -3.59. The number of hydrogen-bond donors (Lipinski definition) is 1. The second-order valence-electron chi connectivity index (χ2n) is 5.15. The molecule has 1 aliphatic rings. The van der Waals surface area contributed by atoms with Crippen molar-refractivity contribution in [1.82, 2.24) is 4.31 Å². The molecule has 0 bridgehead atoms. The molecule has 1 fully saturated rings. The van der Waals surface area contributed by atoms with E-state index in [0.717, 1.165) is 17.2 Å². The highest BCUT2D eigenvalue weighted by molar-refractivity contribution is 7.89. The van der Waals surface area contributed by atoms with Crippen LogP contribution in [0.3, 0.4) is 0 Å².